The fraction of sp³-hybridized carbons (Fsp3) is 0.200. The maximum atomic E-state index is 6.19. The van der Waals surface area contributed by atoms with Crippen LogP contribution in [0.2, 0.25) is 10.0 Å². The highest BCUT2D eigenvalue weighted by molar-refractivity contribution is 9.10. The zero-order valence-electron chi connectivity index (χ0n) is 11.5. The predicted molar refractivity (Wildman–Crippen MR) is 91.0 cm³/mol. The molecule has 0 aromatic heterocycles. The van der Waals surface area contributed by atoms with E-state index in [1.165, 1.54) is 0 Å². The van der Waals surface area contributed by atoms with Crippen LogP contribution < -0.4 is 14.8 Å². The molecule has 0 aliphatic carbocycles. The number of hydrogen-bond donors (Lipinski definition) is 1. The minimum atomic E-state index is 0.517. The largest absolute Gasteiger partial charge is 0.493 e. The molecule has 0 aliphatic heterocycles. The first-order valence-corrected chi connectivity index (χ1v) is 7.69. The number of halogens is 3. The maximum Gasteiger partial charge on any atom is 0.179 e. The minimum Gasteiger partial charge on any atom is -0.493 e. The zero-order chi connectivity index (χ0) is 15.4. The molecule has 0 spiro atoms. The van der Waals surface area contributed by atoms with Crippen LogP contribution in [-0.4, -0.2) is 14.2 Å². The minimum absolute atomic E-state index is 0.517. The van der Waals surface area contributed by atoms with Crippen molar-refractivity contribution in [3.8, 4) is 11.5 Å². The smallest absolute Gasteiger partial charge is 0.179 e. The molecule has 0 atom stereocenters. The van der Waals surface area contributed by atoms with Gasteiger partial charge in [-0.15, -0.1) is 0 Å². The molecule has 0 saturated heterocycles. The lowest BCUT2D eigenvalue weighted by Crippen LogP contribution is -2.01. The number of methoxy groups -OCH3 is 2. The highest BCUT2D eigenvalue weighted by Crippen LogP contribution is 2.36. The molecule has 0 bridgehead atoms. The summed E-state index contributed by atoms with van der Waals surface area (Å²) in [6.45, 7) is 0.598. The number of benzene rings is 2. The Morgan fingerprint density at radius 1 is 1.10 bits per heavy atom. The molecule has 0 heterocycles. The van der Waals surface area contributed by atoms with E-state index in [-0.39, 0.29) is 0 Å². The van der Waals surface area contributed by atoms with Crippen molar-refractivity contribution in [1.29, 1.82) is 0 Å². The summed E-state index contributed by atoms with van der Waals surface area (Å²) in [6.07, 6.45) is 0. The van der Waals surface area contributed by atoms with Crippen molar-refractivity contribution in [2.75, 3.05) is 19.5 Å². The molecule has 0 unspecified atom stereocenters. The van der Waals surface area contributed by atoms with Crippen LogP contribution in [0.4, 0.5) is 5.69 Å². The Kier molecular flexibility index (Phi) is 5.62. The predicted octanol–water partition coefficient (Wildman–Crippen LogP) is 5.39. The quantitative estimate of drug-likeness (QED) is 0.742. The van der Waals surface area contributed by atoms with E-state index < -0.39 is 0 Å². The lowest BCUT2D eigenvalue weighted by Gasteiger charge is -2.13. The summed E-state index contributed by atoms with van der Waals surface area (Å²) in [5.41, 5.74) is 1.94. The summed E-state index contributed by atoms with van der Waals surface area (Å²) in [7, 11) is 3.15. The second kappa shape index (κ2) is 7.25. The topological polar surface area (TPSA) is 30.5 Å². The Bertz CT molecular complexity index is 650. The molecule has 0 saturated carbocycles. The van der Waals surface area contributed by atoms with Gasteiger partial charge in [0.1, 0.15) is 0 Å². The molecule has 3 nitrogen and oxygen atoms in total. The first-order valence-electron chi connectivity index (χ1n) is 6.14. The van der Waals surface area contributed by atoms with E-state index in [1.54, 1.807) is 14.2 Å². The Hall–Kier alpha value is -1.10. The van der Waals surface area contributed by atoms with E-state index in [0.717, 1.165) is 15.7 Å². The van der Waals surface area contributed by atoms with E-state index in [1.807, 2.05) is 30.3 Å². The summed E-state index contributed by atoms with van der Waals surface area (Å²) in [5.74, 6) is 1.15. The van der Waals surface area contributed by atoms with E-state index in [9.17, 15) is 0 Å². The third-order valence-electron chi connectivity index (χ3n) is 2.91. The molecule has 0 fully saturated rings. The summed E-state index contributed by atoms with van der Waals surface area (Å²) in [5, 5.41) is 4.51. The SMILES string of the molecule is COc1cc(CNc2ccc(Cl)cc2Br)cc(Cl)c1OC. The summed E-state index contributed by atoms with van der Waals surface area (Å²) in [6, 6.07) is 9.32. The molecule has 0 amide bonds. The molecule has 1 N–H and O–H groups in total. The Balaban J connectivity index is 2.18. The van der Waals surface area contributed by atoms with Gasteiger partial charge in [0.2, 0.25) is 0 Å². The highest BCUT2D eigenvalue weighted by Gasteiger charge is 2.11. The van der Waals surface area contributed by atoms with Gasteiger partial charge in [0.15, 0.2) is 11.5 Å². The third kappa shape index (κ3) is 3.96. The lowest BCUT2D eigenvalue weighted by molar-refractivity contribution is 0.355. The number of ether oxygens (including phenoxy) is 2. The maximum absolute atomic E-state index is 6.19. The van der Waals surface area contributed by atoms with Crippen LogP contribution in [0.25, 0.3) is 0 Å². The second-order valence-corrected chi connectivity index (χ2v) is 5.99. The van der Waals surface area contributed by atoms with E-state index in [4.69, 9.17) is 32.7 Å². The summed E-state index contributed by atoms with van der Waals surface area (Å²) in [4.78, 5) is 0. The number of rotatable bonds is 5. The monoisotopic (exact) mass is 389 g/mol. The van der Waals surface area contributed by atoms with Crippen LogP contribution in [0.15, 0.2) is 34.8 Å². The molecule has 6 heteroatoms. The van der Waals surface area contributed by atoms with Crippen LogP contribution in [0, 0.1) is 0 Å². The average Bonchev–Trinajstić information content (AvgIpc) is 2.45. The van der Waals surface area contributed by atoms with Crippen molar-refractivity contribution in [3.63, 3.8) is 0 Å². The molecule has 2 aromatic carbocycles. The Labute approximate surface area is 142 Å². The van der Waals surface area contributed by atoms with Crippen LogP contribution >= 0.6 is 39.1 Å². The molecule has 2 rings (SSSR count). The molecule has 21 heavy (non-hydrogen) atoms. The fourth-order valence-electron chi connectivity index (χ4n) is 1.90. The van der Waals surface area contributed by atoms with Crippen molar-refractivity contribution in [2.24, 2.45) is 0 Å². The van der Waals surface area contributed by atoms with Crippen molar-refractivity contribution in [2.45, 2.75) is 6.54 Å². The zero-order valence-corrected chi connectivity index (χ0v) is 14.6. The summed E-state index contributed by atoms with van der Waals surface area (Å²) >= 11 is 15.6. The van der Waals surface area contributed by atoms with E-state index in [2.05, 4.69) is 21.2 Å². The molecule has 0 aliphatic rings. The number of anilines is 1. The molecule has 112 valence electrons. The van der Waals surface area contributed by atoms with Gasteiger partial charge in [-0.1, -0.05) is 23.2 Å². The van der Waals surface area contributed by atoms with Gasteiger partial charge in [0, 0.05) is 21.7 Å². The van der Waals surface area contributed by atoms with Gasteiger partial charge in [-0.05, 0) is 51.8 Å². The van der Waals surface area contributed by atoms with Crippen molar-refractivity contribution in [1.82, 2.24) is 0 Å². The lowest BCUT2D eigenvalue weighted by atomic mass is 10.2. The van der Waals surface area contributed by atoms with Gasteiger partial charge >= 0.3 is 0 Å². The number of nitrogens with one attached hydrogen (secondary N) is 1. The van der Waals surface area contributed by atoms with Gasteiger partial charge in [0.05, 0.1) is 19.2 Å². The van der Waals surface area contributed by atoms with Crippen molar-refractivity contribution >= 4 is 44.8 Å². The number of hydrogen-bond acceptors (Lipinski definition) is 3. The third-order valence-corrected chi connectivity index (χ3v) is 4.08. The first-order chi connectivity index (χ1) is 10.0. The van der Waals surface area contributed by atoms with Gasteiger partial charge in [-0.25, -0.2) is 0 Å². The highest BCUT2D eigenvalue weighted by atomic mass is 79.9. The second-order valence-electron chi connectivity index (χ2n) is 4.29. The van der Waals surface area contributed by atoms with E-state index in [0.29, 0.717) is 28.1 Å². The van der Waals surface area contributed by atoms with Crippen molar-refractivity contribution in [3.05, 3.63) is 50.4 Å². The molecule has 0 radical (unpaired) electrons. The van der Waals surface area contributed by atoms with E-state index >= 15 is 0 Å². The molecule has 2 aromatic rings. The van der Waals surface area contributed by atoms with Crippen molar-refractivity contribution < 1.29 is 9.47 Å². The average molecular weight is 391 g/mol. The van der Waals surface area contributed by atoms with Gasteiger partial charge in [-0.2, -0.15) is 0 Å². The van der Waals surface area contributed by atoms with Crippen LogP contribution in [0.5, 0.6) is 11.5 Å². The molecular weight excluding hydrogens is 377 g/mol. The normalized spacial score (nSPS) is 10.3. The van der Waals surface area contributed by atoms with Gasteiger partial charge in [-0.3, -0.25) is 0 Å². The standard InChI is InChI=1S/C15H14BrCl2NO2/c1-20-14-6-9(5-12(18)15(14)21-2)8-19-13-4-3-10(17)7-11(13)16/h3-7,19H,8H2,1-2H3. The summed E-state index contributed by atoms with van der Waals surface area (Å²) < 4.78 is 11.4. The van der Waals surface area contributed by atoms with Crippen LogP contribution in [0.3, 0.4) is 0 Å². The Morgan fingerprint density at radius 2 is 1.86 bits per heavy atom. The fourth-order valence-corrected chi connectivity index (χ4v) is 3.04. The van der Waals surface area contributed by atoms with Gasteiger partial charge in [0.25, 0.3) is 0 Å². The molecular formula is C15H14BrCl2NO2. The van der Waals surface area contributed by atoms with Crippen LogP contribution in [0.1, 0.15) is 5.56 Å². The van der Waals surface area contributed by atoms with Gasteiger partial charge < -0.3 is 14.8 Å². The Morgan fingerprint density at radius 3 is 2.48 bits per heavy atom. The van der Waals surface area contributed by atoms with Crippen LogP contribution in [-0.2, 0) is 6.54 Å². The first kappa shape index (κ1) is 16.3.